The molecule has 3 rings (SSSR count). The van der Waals surface area contributed by atoms with E-state index in [9.17, 15) is 4.79 Å². The molecule has 0 aromatic carbocycles. The lowest BCUT2D eigenvalue weighted by molar-refractivity contribution is -0.174. The van der Waals surface area contributed by atoms with Crippen molar-refractivity contribution < 1.29 is 9.53 Å². The molecule has 114 valence electrons. The van der Waals surface area contributed by atoms with E-state index < -0.39 is 0 Å². The van der Waals surface area contributed by atoms with E-state index in [1.807, 2.05) is 4.90 Å². The van der Waals surface area contributed by atoms with Crippen molar-refractivity contribution in [2.45, 2.75) is 57.6 Å². The highest BCUT2D eigenvalue weighted by Crippen LogP contribution is 2.34. The molecule has 0 radical (unpaired) electrons. The number of hydrogen-bond donors (Lipinski definition) is 0. The van der Waals surface area contributed by atoms with Gasteiger partial charge in [-0.15, -0.1) is 0 Å². The minimum Gasteiger partial charge on any atom is -0.363 e. The molecule has 0 unspecified atom stereocenters. The van der Waals surface area contributed by atoms with E-state index in [0.717, 1.165) is 38.4 Å². The Labute approximate surface area is 122 Å². The summed E-state index contributed by atoms with van der Waals surface area (Å²) in [5, 5.41) is 0. The van der Waals surface area contributed by atoms with E-state index in [1.165, 1.54) is 25.8 Å². The van der Waals surface area contributed by atoms with Crippen LogP contribution in [0.15, 0.2) is 0 Å². The van der Waals surface area contributed by atoms with Gasteiger partial charge in [0.05, 0.1) is 12.1 Å². The van der Waals surface area contributed by atoms with E-state index in [2.05, 4.69) is 18.7 Å². The predicted molar refractivity (Wildman–Crippen MR) is 78.5 cm³/mol. The van der Waals surface area contributed by atoms with Crippen LogP contribution in [0.4, 0.5) is 0 Å². The lowest BCUT2D eigenvalue weighted by Crippen LogP contribution is -2.60. The maximum Gasteiger partial charge on any atom is 0.248 e. The molecule has 2 saturated heterocycles. The van der Waals surface area contributed by atoms with Crippen molar-refractivity contribution in [3.8, 4) is 0 Å². The molecule has 3 fully saturated rings. The summed E-state index contributed by atoms with van der Waals surface area (Å²) in [4.78, 5) is 16.5. The van der Waals surface area contributed by atoms with Gasteiger partial charge in [0.25, 0.3) is 0 Å². The van der Waals surface area contributed by atoms with Gasteiger partial charge in [0, 0.05) is 19.1 Å². The maximum atomic E-state index is 11.9. The lowest BCUT2D eigenvalue weighted by Gasteiger charge is -2.48. The summed E-state index contributed by atoms with van der Waals surface area (Å²) < 4.78 is 5.97. The van der Waals surface area contributed by atoms with Gasteiger partial charge in [0.1, 0.15) is 6.61 Å². The van der Waals surface area contributed by atoms with Gasteiger partial charge in [-0.05, 0) is 45.6 Å². The van der Waals surface area contributed by atoms with Crippen molar-refractivity contribution in [3.63, 3.8) is 0 Å². The summed E-state index contributed by atoms with van der Waals surface area (Å²) >= 11 is 0. The summed E-state index contributed by atoms with van der Waals surface area (Å²) in [6, 6.07) is 0.288. The van der Waals surface area contributed by atoms with Gasteiger partial charge in [0.15, 0.2) is 0 Å². The molecule has 2 heterocycles. The molecular weight excluding hydrogens is 252 g/mol. The molecule has 1 saturated carbocycles. The second-order valence-electron chi connectivity index (χ2n) is 7.16. The van der Waals surface area contributed by atoms with E-state index >= 15 is 0 Å². The number of morpholine rings is 1. The number of hydrogen-bond acceptors (Lipinski definition) is 3. The van der Waals surface area contributed by atoms with Gasteiger partial charge in [0.2, 0.25) is 5.91 Å². The first-order chi connectivity index (χ1) is 9.58. The molecule has 4 heteroatoms. The van der Waals surface area contributed by atoms with Crippen LogP contribution in [-0.4, -0.2) is 60.1 Å². The number of ether oxygens (including phenoxy) is 1. The van der Waals surface area contributed by atoms with Crippen LogP contribution >= 0.6 is 0 Å². The fourth-order valence-electron chi connectivity index (χ4n) is 3.47. The Bertz CT molecular complexity index is 357. The van der Waals surface area contributed by atoms with Crippen LogP contribution in [0.1, 0.15) is 46.0 Å². The number of carbonyl (C=O) groups is 1. The molecule has 20 heavy (non-hydrogen) atoms. The molecule has 3 aliphatic rings. The first-order valence-corrected chi connectivity index (χ1v) is 8.24. The Morgan fingerprint density at radius 2 is 2.00 bits per heavy atom. The number of carbonyl (C=O) groups excluding carboxylic acids is 1. The first kappa shape index (κ1) is 14.3. The molecule has 0 aromatic rings. The molecule has 4 nitrogen and oxygen atoms in total. The lowest BCUT2D eigenvalue weighted by atomic mass is 9.88. The van der Waals surface area contributed by atoms with Crippen LogP contribution in [0.25, 0.3) is 0 Å². The van der Waals surface area contributed by atoms with Crippen molar-refractivity contribution in [1.82, 2.24) is 9.80 Å². The van der Waals surface area contributed by atoms with Crippen LogP contribution < -0.4 is 0 Å². The summed E-state index contributed by atoms with van der Waals surface area (Å²) in [6.07, 6.45) is 6.44. The highest BCUT2D eigenvalue weighted by atomic mass is 16.5. The molecule has 1 amide bonds. The second-order valence-corrected chi connectivity index (χ2v) is 7.16. The van der Waals surface area contributed by atoms with Gasteiger partial charge in [-0.2, -0.15) is 0 Å². The molecule has 0 atom stereocenters. The fraction of sp³-hybridized carbons (Fsp3) is 0.938. The van der Waals surface area contributed by atoms with E-state index in [-0.39, 0.29) is 24.2 Å². The summed E-state index contributed by atoms with van der Waals surface area (Å²) in [6.45, 7) is 8.79. The number of rotatable bonds is 4. The smallest absolute Gasteiger partial charge is 0.248 e. The minimum atomic E-state index is -0.0612. The van der Waals surface area contributed by atoms with Crippen LogP contribution in [0.2, 0.25) is 0 Å². The Morgan fingerprint density at radius 1 is 1.30 bits per heavy atom. The molecule has 2 aliphatic heterocycles. The van der Waals surface area contributed by atoms with Crippen molar-refractivity contribution >= 4 is 5.91 Å². The quantitative estimate of drug-likeness (QED) is 0.788. The normalized spacial score (nSPS) is 27.6. The van der Waals surface area contributed by atoms with Crippen molar-refractivity contribution in [2.24, 2.45) is 5.92 Å². The van der Waals surface area contributed by atoms with Crippen molar-refractivity contribution in [2.75, 3.05) is 32.8 Å². The summed E-state index contributed by atoms with van der Waals surface area (Å²) in [5.74, 6) is 1.17. The monoisotopic (exact) mass is 280 g/mol. The topological polar surface area (TPSA) is 32.8 Å². The number of amides is 1. The zero-order valence-corrected chi connectivity index (χ0v) is 12.9. The summed E-state index contributed by atoms with van der Waals surface area (Å²) in [7, 11) is 0. The fourth-order valence-corrected chi connectivity index (χ4v) is 3.47. The Morgan fingerprint density at radius 3 is 2.60 bits per heavy atom. The Kier molecular flexibility index (Phi) is 4.04. The number of piperidine rings is 1. The predicted octanol–water partition coefficient (Wildman–Crippen LogP) is 1.89. The average molecular weight is 280 g/mol. The number of likely N-dealkylation sites (tertiary alicyclic amines) is 1. The second kappa shape index (κ2) is 5.64. The van der Waals surface area contributed by atoms with Crippen LogP contribution in [0, 0.1) is 5.92 Å². The van der Waals surface area contributed by atoms with Gasteiger partial charge >= 0.3 is 0 Å². The molecule has 1 aliphatic carbocycles. The summed E-state index contributed by atoms with van der Waals surface area (Å²) in [5.41, 5.74) is -0.0612. The third-order valence-corrected chi connectivity index (χ3v) is 5.22. The maximum absolute atomic E-state index is 11.9. The molecule has 0 aromatic heterocycles. The van der Waals surface area contributed by atoms with Crippen molar-refractivity contribution in [1.29, 1.82) is 0 Å². The highest BCUT2D eigenvalue weighted by molar-refractivity contribution is 5.78. The Balaban J connectivity index is 1.51. The SMILES string of the molecule is CC(C)N1CC2(CCN(CCC3CC3)CC2)OCC1=O. The third-order valence-electron chi connectivity index (χ3n) is 5.22. The first-order valence-electron chi connectivity index (χ1n) is 8.24. The van der Waals surface area contributed by atoms with Gasteiger partial charge < -0.3 is 14.5 Å². The molecule has 0 bridgehead atoms. The van der Waals surface area contributed by atoms with E-state index in [4.69, 9.17) is 4.74 Å². The zero-order chi connectivity index (χ0) is 14.2. The molecule has 0 N–H and O–H groups in total. The van der Waals surface area contributed by atoms with E-state index in [0.29, 0.717) is 0 Å². The van der Waals surface area contributed by atoms with Crippen LogP contribution in [0.5, 0.6) is 0 Å². The highest BCUT2D eigenvalue weighted by Gasteiger charge is 2.42. The molecule has 1 spiro atoms. The van der Waals surface area contributed by atoms with Gasteiger partial charge in [-0.3, -0.25) is 4.79 Å². The van der Waals surface area contributed by atoms with Gasteiger partial charge in [-0.25, -0.2) is 0 Å². The van der Waals surface area contributed by atoms with Gasteiger partial charge in [-0.1, -0.05) is 12.8 Å². The largest absolute Gasteiger partial charge is 0.363 e. The zero-order valence-electron chi connectivity index (χ0n) is 12.9. The number of nitrogens with zero attached hydrogens (tertiary/aromatic N) is 2. The average Bonchev–Trinajstić information content (AvgIpc) is 3.25. The van der Waals surface area contributed by atoms with E-state index in [1.54, 1.807) is 0 Å². The Hall–Kier alpha value is -0.610. The standard InChI is InChI=1S/C16H28N2O2/c1-13(2)18-12-16(20-11-15(18)19)6-9-17(10-7-16)8-5-14-3-4-14/h13-14H,3-12H2,1-2H3. The van der Waals surface area contributed by atoms with Crippen LogP contribution in [0.3, 0.4) is 0 Å². The molecular formula is C16H28N2O2. The van der Waals surface area contributed by atoms with Crippen LogP contribution in [-0.2, 0) is 9.53 Å². The van der Waals surface area contributed by atoms with Crippen molar-refractivity contribution in [3.05, 3.63) is 0 Å². The minimum absolute atomic E-state index is 0.0612. The third kappa shape index (κ3) is 3.17.